The average Bonchev–Trinajstić information content (AvgIpc) is 3.14. The van der Waals surface area contributed by atoms with E-state index in [4.69, 9.17) is 9.15 Å². The third-order valence-corrected chi connectivity index (χ3v) is 5.10. The van der Waals surface area contributed by atoms with Gasteiger partial charge in [-0.3, -0.25) is 0 Å². The number of nitrogens with zero attached hydrogens (tertiary/aromatic N) is 3. The minimum atomic E-state index is -0.471. The minimum absolute atomic E-state index is 0.195. The SMILES string of the molecule is CC(C)(C)OC(=O)N1CCC(c2nnc(SC/C=C/c3ccccc3)o2)CC1. The molecule has 1 aliphatic rings. The largest absolute Gasteiger partial charge is 0.444 e. The molecule has 1 fully saturated rings. The Morgan fingerprint density at radius 3 is 2.64 bits per heavy atom. The van der Waals surface area contributed by atoms with Gasteiger partial charge < -0.3 is 14.1 Å². The Morgan fingerprint density at radius 1 is 1.25 bits per heavy atom. The minimum Gasteiger partial charge on any atom is -0.444 e. The van der Waals surface area contributed by atoms with Gasteiger partial charge >= 0.3 is 6.09 Å². The zero-order chi connectivity index (χ0) is 20.0. The maximum atomic E-state index is 12.2. The van der Waals surface area contributed by atoms with E-state index >= 15 is 0 Å². The molecule has 7 heteroatoms. The van der Waals surface area contributed by atoms with E-state index in [0.29, 0.717) is 24.2 Å². The number of amides is 1. The predicted octanol–water partition coefficient (Wildman–Crippen LogP) is 4.99. The van der Waals surface area contributed by atoms with E-state index in [9.17, 15) is 4.79 Å². The van der Waals surface area contributed by atoms with E-state index in [1.165, 1.54) is 17.3 Å². The van der Waals surface area contributed by atoms with E-state index in [-0.39, 0.29) is 12.0 Å². The number of hydrogen-bond acceptors (Lipinski definition) is 6. The topological polar surface area (TPSA) is 68.5 Å². The number of piperidine rings is 1. The highest BCUT2D eigenvalue weighted by atomic mass is 32.2. The molecule has 0 atom stereocenters. The highest BCUT2D eigenvalue weighted by molar-refractivity contribution is 7.99. The molecular formula is C21H27N3O3S. The zero-order valence-electron chi connectivity index (χ0n) is 16.6. The van der Waals surface area contributed by atoms with Crippen molar-refractivity contribution in [2.45, 2.75) is 50.4 Å². The zero-order valence-corrected chi connectivity index (χ0v) is 17.4. The lowest BCUT2D eigenvalue weighted by Crippen LogP contribution is -2.41. The molecule has 1 aromatic carbocycles. The third kappa shape index (κ3) is 6.12. The molecule has 28 heavy (non-hydrogen) atoms. The van der Waals surface area contributed by atoms with Crippen molar-refractivity contribution in [1.82, 2.24) is 15.1 Å². The van der Waals surface area contributed by atoms with Crippen LogP contribution in [0, 0.1) is 0 Å². The van der Waals surface area contributed by atoms with Crippen LogP contribution in [0.1, 0.15) is 51.0 Å². The second-order valence-electron chi connectivity index (χ2n) is 7.77. The van der Waals surface area contributed by atoms with Crippen molar-refractivity contribution in [3.8, 4) is 0 Å². The van der Waals surface area contributed by atoms with Gasteiger partial charge in [0.2, 0.25) is 5.89 Å². The lowest BCUT2D eigenvalue weighted by Gasteiger charge is -2.32. The van der Waals surface area contributed by atoms with Crippen molar-refractivity contribution in [2.75, 3.05) is 18.8 Å². The van der Waals surface area contributed by atoms with Crippen LogP contribution in [-0.2, 0) is 4.74 Å². The summed E-state index contributed by atoms with van der Waals surface area (Å²) in [6.07, 6.45) is 5.52. The van der Waals surface area contributed by atoms with Crippen molar-refractivity contribution in [2.24, 2.45) is 0 Å². The van der Waals surface area contributed by atoms with Crippen molar-refractivity contribution in [3.63, 3.8) is 0 Å². The summed E-state index contributed by atoms with van der Waals surface area (Å²) in [5, 5.41) is 8.94. The fraction of sp³-hybridized carbons (Fsp3) is 0.476. The van der Waals surface area contributed by atoms with Gasteiger partial charge in [0.15, 0.2) is 0 Å². The Kier molecular flexibility index (Phi) is 6.78. The van der Waals surface area contributed by atoms with Gasteiger partial charge in [0.05, 0.1) is 0 Å². The molecule has 0 N–H and O–H groups in total. The highest BCUT2D eigenvalue weighted by Crippen LogP contribution is 2.29. The summed E-state index contributed by atoms with van der Waals surface area (Å²) in [5.74, 6) is 1.63. The van der Waals surface area contributed by atoms with Crippen LogP contribution in [-0.4, -0.2) is 45.6 Å². The third-order valence-electron chi connectivity index (χ3n) is 4.33. The first-order valence-corrected chi connectivity index (χ1v) is 10.5. The van der Waals surface area contributed by atoms with E-state index in [0.717, 1.165) is 18.6 Å². The van der Waals surface area contributed by atoms with Gasteiger partial charge in [-0.05, 0) is 39.2 Å². The molecule has 0 saturated carbocycles. The van der Waals surface area contributed by atoms with Crippen LogP contribution in [0.5, 0.6) is 0 Å². The first-order valence-electron chi connectivity index (χ1n) is 9.56. The number of carbonyl (C=O) groups is 1. The van der Waals surface area contributed by atoms with Crippen LogP contribution < -0.4 is 0 Å². The van der Waals surface area contributed by atoms with Crippen LogP contribution >= 0.6 is 11.8 Å². The molecular weight excluding hydrogens is 374 g/mol. The Morgan fingerprint density at radius 2 is 1.96 bits per heavy atom. The van der Waals surface area contributed by atoms with Crippen molar-refractivity contribution < 1.29 is 13.9 Å². The summed E-state index contributed by atoms with van der Waals surface area (Å²) < 4.78 is 11.3. The maximum Gasteiger partial charge on any atom is 0.410 e. The number of thioether (sulfide) groups is 1. The fourth-order valence-electron chi connectivity index (χ4n) is 2.95. The first kappa shape index (κ1) is 20.5. The fourth-order valence-corrected chi connectivity index (χ4v) is 3.52. The molecule has 0 aliphatic carbocycles. The van der Waals surface area contributed by atoms with Crippen LogP contribution in [0.15, 0.2) is 46.0 Å². The van der Waals surface area contributed by atoms with E-state index in [2.05, 4.69) is 34.5 Å². The lowest BCUT2D eigenvalue weighted by atomic mass is 9.97. The normalized spacial score (nSPS) is 15.9. The van der Waals surface area contributed by atoms with Crippen molar-refractivity contribution in [3.05, 3.63) is 47.9 Å². The molecule has 1 amide bonds. The van der Waals surface area contributed by atoms with Gasteiger partial charge in [0, 0.05) is 24.8 Å². The summed E-state index contributed by atoms with van der Waals surface area (Å²) in [6, 6.07) is 10.2. The highest BCUT2D eigenvalue weighted by Gasteiger charge is 2.29. The second kappa shape index (κ2) is 9.28. The summed E-state index contributed by atoms with van der Waals surface area (Å²) in [7, 11) is 0. The first-order chi connectivity index (χ1) is 13.4. The van der Waals surface area contributed by atoms with Gasteiger partial charge in [-0.25, -0.2) is 4.79 Å². The van der Waals surface area contributed by atoms with Gasteiger partial charge in [-0.15, -0.1) is 10.2 Å². The van der Waals surface area contributed by atoms with Crippen LogP contribution in [0.4, 0.5) is 4.79 Å². The van der Waals surface area contributed by atoms with Crippen LogP contribution in [0.3, 0.4) is 0 Å². The van der Waals surface area contributed by atoms with Crippen LogP contribution in [0.2, 0.25) is 0 Å². The number of likely N-dealkylation sites (tertiary alicyclic amines) is 1. The number of carbonyl (C=O) groups excluding carboxylic acids is 1. The summed E-state index contributed by atoms with van der Waals surface area (Å²) in [6.45, 7) is 6.92. The predicted molar refractivity (Wildman–Crippen MR) is 110 cm³/mol. The number of benzene rings is 1. The number of hydrogen-bond donors (Lipinski definition) is 0. The van der Waals surface area contributed by atoms with Gasteiger partial charge in [-0.2, -0.15) is 0 Å². The average molecular weight is 402 g/mol. The molecule has 1 aliphatic heterocycles. The number of aromatic nitrogens is 2. The van der Waals surface area contributed by atoms with Gasteiger partial charge in [0.1, 0.15) is 5.60 Å². The Balaban J connectivity index is 1.44. The number of rotatable bonds is 5. The quantitative estimate of drug-likeness (QED) is 0.658. The molecule has 0 unspecified atom stereocenters. The van der Waals surface area contributed by atoms with Gasteiger partial charge in [-0.1, -0.05) is 54.2 Å². The standard InChI is InChI=1S/C21H27N3O3S/c1-21(2,3)27-20(25)24-13-11-17(12-14-24)18-22-23-19(26-18)28-15-7-10-16-8-5-4-6-9-16/h4-10,17H,11-15H2,1-3H3/b10-7+. The lowest BCUT2D eigenvalue weighted by molar-refractivity contribution is 0.0198. The number of ether oxygens (including phenoxy) is 1. The van der Waals surface area contributed by atoms with Crippen molar-refractivity contribution >= 4 is 23.9 Å². The van der Waals surface area contributed by atoms with Crippen LogP contribution in [0.25, 0.3) is 6.08 Å². The van der Waals surface area contributed by atoms with Crippen molar-refractivity contribution in [1.29, 1.82) is 0 Å². The molecule has 2 heterocycles. The summed E-state index contributed by atoms with van der Waals surface area (Å²) in [4.78, 5) is 13.9. The molecule has 1 aromatic heterocycles. The molecule has 0 spiro atoms. The molecule has 0 radical (unpaired) electrons. The molecule has 1 saturated heterocycles. The molecule has 2 aromatic rings. The van der Waals surface area contributed by atoms with E-state index in [1.807, 2.05) is 39.0 Å². The Bertz CT molecular complexity index is 791. The van der Waals surface area contributed by atoms with E-state index in [1.54, 1.807) is 4.90 Å². The summed E-state index contributed by atoms with van der Waals surface area (Å²) >= 11 is 1.52. The molecule has 150 valence electrons. The smallest absolute Gasteiger partial charge is 0.410 e. The molecule has 3 rings (SSSR count). The molecule has 0 bridgehead atoms. The monoisotopic (exact) mass is 401 g/mol. The summed E-state index contributed by atoms with van der Waals surface area (Å²) in [5.41, 5.74) is 0.702. The Hall–Kier alpha value is -2.28. The van der Waals surface area contributed by atoms with E-state index < -0.39 is 5.60 Å². The second-order valence-corrected chi connectivity index (χ2v) is 8.74. The molecule has 6 nitrogen and oxygen atoms in total. The maximum absolute atomic E-state index is 12.2. The van der Waals surface area contributed by atoms with Gasteiger partial charge in [0.25, 0.3) is 5.22 Å². The Labute approximate surface area is 170 Å².